The Bertz CT molecular complexity index is 382. The highest BCUT2D eigenvalue weighted by Crippen LogP contribution is 2.23. The van der Waals surface area contributed by atoms with Gasteiger partial charge in [0, 0.05) is 5.25 Å². The number of oxime groups is 1. The van der Waals surface area contributed by atoms with Crippen LogP contribution in [-0.4, -0.2) is 32.5 Å². The maximum atomic E-state index is 9.37. The van der Waals surface area contributed by atoms with E-state index in [9.17, 15) is 5.11 Å². The molecule has 0 aliphatic heterocycles. The van der Waals surface area contributed by atoms with E-state index in [0.717, 1.165) is 5.03 Å². The molecular weight excluding hydrogens is 226 g/mol. The average Bonchev–Trinajstić information content (AvgIpc) is 2.28. The summed E-state index contributed by atoms with van der Waals surface area (Å²) in [5.41, 5.74) is 5.85. The lowest BCUT2D eigenvalue weighted by Crippen LogP contribution is -2.17. The molecule has 0 fully saturated rings. The van der Waals surface area contributed by atoms with Crippen LogP contribution in [0, 0.1) is 0 Å². The number of aliphatic hydroxyl groups is 1. The summed E-state index contributed by atoms with van der Waals surface area (Å²) in [6.45, 7) is 3.64. The molecule has 0 saturated carbocycles. The van der Waals surface area contributed by atoms with Gasteiger partial charge in [0.05, 0.1) is 11.1 Å². The predicted octanol–water partition coefficient (Wildman–Crippen LogP) is 1.04. The van der Waals surface area contributed by atoms with Gasteiger partial charge in [-0.05, 0) is 19.1 Å². The normalized spacial score (nSPS) is 15.8. The lowest BCUT2D eigenvalue weighted by molar-refractivity contribution is 0.196. The van der Waals surface area contributed by atoms with Crippen molar-refractivity contribution in [3.05, 3.63) is 23.9 Å². The van der Waals surface area contributed by atoms with E-state index in [4.69, 9.17) is 10.9 Å². The summed E-state index contributed by atoms with van der Waals surface area (Å²) in [5, 5.41) is 21.6. The van der Waals surface area contributed by atoms with Gasteiger partial charge in [-0.2, -0.15) is 0 Å². The molecule has 0 bridgehead atoms. The molecule has 0 radical (unpaired) electrons. The minimum atomic E-state index is -0.417. The minimum Gasteiger partial charge on any atom is -0.409 e. The van der Waals surface area contributed by atoms with Gasteiger partial charge in [-0.25, -0.2) is 4.98 Å². The van der Waals surface area contributed by atoms with Crippen molar-refractivity contribution in [3.8, 4) is 0 Å². The zero-order valence-corrected chi connectivity index (χ0v) is 9.98. The molecule has 0 aliphatic carbocycles. The van der Waals surface area contributed by atoms with E-state index >= 15 is 0 Å². The molecule has 0 aliphatic rings. The summed E-state index contributed by atoms with van der Waals surface area (Å²) in [5.74, 6) is -0.0212. The molecule has 1 rings (SSSR count). The fourth-order valence-electron chi connectivity index (χ4n) is 0.963. The van der Waals surface area contributed by atoms with Crippen LogP contribution in [0.5, 0.6) is 0 Å². The summed E-state index contributed by atoms with van der Waals surface area (Å²) in [6, 6.07) is 5.25. The van der Waals surface area contributed by atoms with Crippen LogP contribution in [0.4, 0.5) is 0 Å². The number of thioether (sulfide) groups is 1. The number of nitrogens with two attached hydrogens (primary N) is 1. The van der Waals surface area contributed by atoms with E-state index < -0.39 is 6.10 Å². The molecule has 0 saturated heterocycles. The number of aromatic nitrogens is 1. The first-order chi connectivity index (χ1) is 7.54. The highest BCUT2D eigenvalue weighted by molar-refractivity contribution is 7.99. The zero-order chi connectivity index (χ0) is 12.1. The van der Waals surface area contributed by atoms with Gasteiger partial charge in [0.25, 0.3) is 0 Å². The van der Waals surface area contributed by atoms with Crippen LogP contribution in [0.3, 0.4) is 0 Å². The molecule has 0 aromatic carbocycles. The zero-order valence-electron chi connectivity index (χ0n) is 9.16. The molecule has 6 heteroatoms. The molecule has 4 N–H and O–H groups in total. The topological polar surface area (TPSA) is 91.7 Å². The monoisotopic (exact) mass is 241 g/mol. The van der Waals surface area contributed by atoms with Gasteiger partial charge in [0.2, 0.25) is 0 Å². The third-order valence-electron chi connectivity index (χ3n) is 2.08. The summed E-state index contributed by atoms with van der Waals surface area (Å²) in [6.07, 6.45) is -0.417. The van der Waals surface area contributed by atoms with Gasteiger partial charge in [-0.3, -0.25) is 0 Å². The Kier molecular flexibility index (Phi) is 4.57. The van der Waals surface area contributed by atoms with Crippen molar-refractivity contribution in [3.63, 3.8) is 0 Å². The van der Waals surface area contributed by atoms with Crippen molar-refractivity contribution in [1.29, 1.82) is 0 Å². The number of hydrogen-bond donors (Lipinski definition) is 3. The van der Waals surface area contributed by atoms with Crippen LogP contribution in [-0.2, 0) is 0 Å². The fourth-order valence-corrected chi connectivity index (χ4v) is 1.85. The van der Waals surface area contributed by atoms with Gasteiger partial charge in [0.15, 0.2) is 5.84 Å². The molecular formula is C10H15N3O2S. The molecule has 1 aromatic rings. The summed E-state index contributed by atoms with van der Waals surface area (Å²) in [7, 11) is 0. The van der Waals surface area contributed by atoms with E-state index in [1.165, 1.54) is 11.8 Å². The fraction of sp³-hybridized carbons (Fsp3) is 0.400. The quantitative estimate of drug-likeness (QED) is 0.241. The first-order valence-corrected chi connectivity index (χ1v) is 5.72. The Morgan fingerprint density at radius 2 is 2.19 bits per heavy atom. The Balaban J connectivity index is 2.83. The van der Waals surface area contributed by atoms with E-state index in [1.807, 2.05) is 13.0 Å². The van der Waals surface area contributed by atoms with E-state index in [0.29, 0.717) is 5.69 Å². The molecule has 0 amide bonds. The molecule has 88 valence electrons. The molecule has 2 atom stereocenters. The highest BCUT2D eigenvalue weighted by Gasteiger charge is 2.12. The van der Waals surface area contributed by atoms with Crippen molar-refractivity contribution in [2.24, 2.45) is 10.9 Å². The van der Waals surface area contributed by atoms with Crippen molar-refractivity contribution >= 4 is 17.6 Å². The van der Waals surface area contributed by atoms with Crippen molar-refractivity contribution in [2.75, 3.05) is 0 Å². The second-order valence-electron chi connectivity index (χ2n) is 3.41. The van der Waals surface area contributed by atoms with Gasteiger partial charge in [0.1, 0.15) is 5.69 Å². The number of hydrogen-bond acceptors (Lipinski definition) is 5. The first kappa shape index (κ1) is 12.8. The van der Waals surface area contributed by atoms with Crippen molar-refractivity contribution in [2.45, 2.75) is 30.2 Å². The maximum Gasteiger partial charge on any atom is 0.188 e. The Morgan fingerprint density at radius 3 is 2.75 bits per heavy atom. The van der Waals surface area contributed by atoms with Gasteiger partial charge in [-0.1, -0.05) is 18.1 Å². The van der Waals surface area contributed by atoms with Crippen LogP contribution in [0.25, 0.3) is 0 Å². The number of amidine groups is 1. The van der Waals surface area contributed by atoms with E-state index in [1.54, 1.807) is 19.1 Å². The van der Waals surface area contributed by atoms with Crippen molar-refractivity contribution in [1.82, 2.24) is 4.98 Å². The summed E-state index contributed by atoms with van der Waals surface area (Å²) >= 11 is 1.44. The predicted molar refractivity (Wildman–Crippen MR) is 63.7 cm³/mol. The smallest absolute Gasteiger partial charge is 0.188 e. The molecule has 16 heavy (non-hydrogen) atoms. The second kappa shape index (κ2) is 5.72. The Labute approximate surface area is 98.4 Å². The number of nitrogens with zero attached hydrogens (tertiary/aromatic N) is 2. The number of rotatable bonds is 4. The lowest BCUT2D eigenvalue weighted by Gasteiger charge is -2.13. The summed E-state index contributed by atoms with van der Waals surface area (Å²) < 4.78 is 0. The van der Waals surface area contributed by atoms with Crippen LogP contribution in [0.2, 0.25) is 0 Å². The third kappa shape index (κ3) is 3.39. The molecule has 1 heterocycles. The van der Waals surface area contributed by atoms with Crippen LogP contribution >= 0.6 is 11.8 Å². The van der Waals surface area contributed by atoms with Crippen molar-refractivity contribution < 1.29 is 10.3 Å². The highest BCUT2D eigenvalue weighted by atomic mass is 32.2. The van der Waals surface area contributed by atoms with Crippen LogP contribution < -0.4 is 5.73 Å². The molecule has 1 aromatic heterocycles. The average molecular weight is 241 g/mol. The van der Waals surface area contributed by atoms with E-state index in [2.05, 4.69) is 10.1 Å². The van der Waals surface area contributed by atoms with Gasteiger partial charge >= 0.3 is 0 Å². The van der Waals surface area contributed by atoms with Crippen LogP contribution in [0.15, 0.2) is 28.4 Å². The second-order valence-corrected chi connectivity index (χ2v) is 4.81. The van der Waals surface area contributed by atoms with E-state index in [-0.39, 0.29) is 11.1 Å². The lowest BCUT2D eigenvalue weighted by atomic mass is 10.3. The third-order valence-corrected chi connectivity index (χ3v) is 3.31. The Hall–Kier alpha value is -1.27. The standard InChI is InChI=1S/C10H15N3O2S/c1-6(14)7(2)16-9-5-3-4-8(12-9)10(11)13-15/h3-7,14-15H,1-2H3,(H2,11,13). The molecule has 5 nitrogen and oxygen atoms in total. The Morgan fingerprint density at radius 1 is 1.50 bits per heavy atom. The maximum absolute atomic E-state index is 9.37. The van der Waals surface area contributed by atoms with Gasteiger partial charge in [-0.15, -0.1) is 11.8 Å². The number of aliphatic hydroxyl groups excluding tert-OH is 1. The number of pyridine rings is 1. The molecule has 2 unspecified atom stereocenters. The van der Waals surface area contributed by atoms with Gasteiger partial charge < -0.3 is 16.0 Å². The largest absolute Gasteiger partial charge is 0.409 e. The SMILES string of the molecule is CC(O)C(C)Sc1cccc(/C(N)=N/O)n1. The first-order valence-electron chi connectivity index (χ1n) is 4.84. The molecule has 0 spiro atoms. The van der Waals surface area contributed by atoms with Crippen LogP contribution in [0.1, 0.15) is 19.5 Å². The summed E-state index contributed by atoms with van der Waals surface area (Å²) in [4.78, 5) is 4.20. The minimum absolute atomic E-state index is 0.0212.